The van der Waals surface area contributed by atoms with Gasteiger partial charge in [-0.1, -0.05) is 41.0 Å². The highest BCUT2D eigenvalue weighted by molar-refractivity contribution is 7.99. The fourth-order valence-corrected chi connectivity index (χ4v) is 2.88. The fourth-order valence-electron chi connectivity index (χ4n) is 1.72. The summed E-state index contributed by atoms with van der Waals surface area (Å²) in [4.78, 5) is 10.9. The molecule has 1 aromatic heterocycles. The summed E-state index contributed by atoms with van der Waals surface area (Å²) in [6.45, 7) is 4.35. The Bertz CT molecular complexity index is 721. The first-order valence-electron chi connectivity index (χ1n) is 6.53. The van der Waals surface area contributed by atoms with Crippen LogP contribution < -0.4 is 10.5 Å². The molecule has 0 saturated heterocycles. The molecule has 6 nitrogen and oxygen atoms in total. The van der Waals surface area contributed by atoms with Crippen molar-refractivity contribution in [3.63, 3.8) is 0 Å². The van der Waals surface area contributed by atoms with Crippen LogP contribution in [0.4, 0.5) is 0 Å². The van der Waals surface area contributed by atoms with Crippen LogP contribution >= 0.6 is 35.0 Å². The molecule has 0 spiro atoms. The van der Waals surface area contributed by atoms with Crippen molar-refractivity contribution in [2.75, 3.05) is 5.75 Å². The summed E-state index contributed by atoms with van der Waals surface area (Å²) in [5.41, 5.74) is 5.15. The van der Waals surface area contributed by atoms with Crippen LogP contribution in [0.2, 0.25) is 10.0 Å². The molecule has 2 N–H and O–H groups in total. The number of aromatic nitrogens is 3. The largest absolute Gasteiger partial charge is 0.484 e. The molecule has 0 aliphatic heterocycles. The number of halogens is 2. The molecule has 23 heavy (non-hydrogen) atoms. The van der Waals surface area contributed by atoms with E-state index in [2.05, 4.69) is 16.8 Å². The second-order valence-electron chi connectivity index (χ2n) is 4.42. The van der Waals surface area contributed by atoms with Gasteiger partial charge in [0, 0.05) is 11.6 Å². The Balaban J connectivity index is 2.12. The molecule has 0 fully saturated rings. The Labute approximate surface area is 147 Å². The molecule has 2 rings (SSSR count). The van der Waals surface area contributed by atoms with Gasteiger partial charge in [0.05, 0.1) is 10.8 Å². The van der Waals surface area contributed by atoms with Crippen molar-refractivity contribution in [1.29, 1.82) is 0 Å². The van der Waals surface area contributed by atoms with Gasteiger partial charge in [-0.15, -0.1) is 16.8 Å². The second-order valence-corrected chi connectivity index (χ2v) is 6.20. The van der Waals surface area contributed by atoms with Crippen molar-refractivity contribution in [2.24, 2.45) is 5.73 Å². The summed E-state index contributed by atoms with van der Waals surface area (Å²) in [6.07, 6.45) is 1.70. The first kappa shape index (κ1) is 17.7. The van der Waals surface area contributed by atoms with Crippen LogP contribution in [0.3, 0.4) is 0 Å². The van der Waals surface area contributed by atoms with Gasteiger partial charge in [-0.25, -0.2) is 0 Å². The van der Waals surface area contributed by atoms with E-state index in [1.54, 1.807) is 28.8 Å². The Morgan fingerprint density at radius 2 is 2.22 bits per heavy atom. The van der Waals surface area contributed by atoms with Gasteiger partial charge in [-0.3, -0.25) is 9.36 Å². The molecule has 122 valence electrons. The Hall–Kier alpha value is -1.70. The summed E-state index contributed by atoms with van der Waals surface area (Å²) in [5, 5.41) is 9.63. The van der Waals surface area contributed by atoms with Gasteiger partial charge in [-0.2, -0.15) is 0 Å². The number of carbonyl (C=O) groups excluding carboxylic acids is 1. The lowest BCUT2D eigenvalue weighted by molar-refractivity contribution is -0.115. The predicted molar refractivity (Wildman–Crippen MR) is 90.9 cm³/mol. The molecule has 1 heterocycles. The maximum atomic E-state index is 10.9. The number of nitrogens with zero attached hydrogens (tertiary/aromatic N) is 3. The molecule has 9 heteroatoms. The summed E-state index contributed by atoms with van der Waals surface area (Å²) < 4.78 is 7.45. The Morgan fingerprint density at radius 3 is 2.87 bits per heavy atom. The number of ether oxygens (including phenoxy) is 1. The Kier molecular flexibility index (Phi) is 6.32. The van der Waals surface area contributed by atoms with Crippen LogP contribution in [-0.4, -0.2) is 26.4 Å². The molecule has 1 amide bonds. The molecule has 0 bridgehead atoms. The molecule has 0 saturated carbocycles. The van der Waals surface area contributed by atoms with Crippen LogP contribution in [0, 0.1) is 0 Å². The maximum Gasteiger partial charge on any atom is 0.227 e. The highest BCUT2D eigenvalue weighted by Crippen LogP contribution is 2.28. The van der Waals surface area contributed by atoms with Crippen LogP contribution in [-0.2, 0) is 17.9 Å². The van der Waals surface area contributed by atoms with Gasteiger partial charge >= 0.3 is 0 Å². The van der Waals surface area contributed by atoms with Crippen molar-refractivity contribution >= 4 is 40.9 Å². The van der Waals surface area contributed by atoms with Crippen LogP contribution in [0.25, 0.3) is 0 Å². The number of rotatable bonds is 8. The van der Waals surface area contributed by atoms with Crippen LogP contribution in [0.1, 0.15) is 5.82 Å². The third kappa shape index (κ3) is 4.89. The summed E-state index contributed by atoms with van der Waals surface area (Å²) in [6, 6.07) is 4.97. The smallest absolute Gasteiger partial charge is 0.227 e. The van der Waals surface area contributed by atoms with Crippen molar-refractivity contribution in [1.82, 2.24) is 14.8 Å². The number of nitrogens with two attached hydrogens (primary N) is 1. The quantitative estimate of drug-likeness (QED) is 0.568. The molecular formula is C14H14Cl2N4O2S. The molecule has 1 aromatic carbocycles. The Morgan fingerprint density at radius 1 is 1.43 bits per heavy atom. The van der Waals surface area contributed by atoms with E-state index in [9.17, 15) is 4.79 Å². The molecule has 0 radical (unpaired) electrons. The van der Waals surface area contributed by atoms with E-state index in [1.165, 1.54) is 11.8 Å². The molecular weight excluding hydrogens is 359 g/mol. The SMILES string of the molecule is C=CCn1c(COc2ccc(Cl)cc2Cl)nnc1SCC(N)=O. The summed E-state index contributed by atoms with van der Waals surface area (Å²) in [7, 11) is 0. The highest BCUT2D eigenvalue weighted by atomic mass is 35.5. The van der Waals surface area contributed by atoms with E-state index in [4.69, 9.17) is 33.7 Å². The number of amides is 1. The van der Waals surface area contributed by atoms with Crippen LogP contribution in [0.15, 0.2) is 36.0 Å². The molecule has 0 aliphatic carbocycles. The number of carbonyl (C=O) groups is 1. The van der Waals surface area contributed by atoms with Gasteiger partial charge in [0.1, 0.15) is 12.4 Å². The number of hydrogen-bond acceptors (Lipinski definition) is 5. The zero-order valence-corrected chi connectivity index (χ0v) is 14.4. The van der Waals surface area contributed by atoms with Crippen LogP contribution in [0.5, 0.6) is 5.75 Å². The van der Waals surface area contributed by atoms with Gasteiger partial charge in [0.2, 0.25) is 5.91 Å². The first-order valence-corrected chi connectivity index (χ1v) is 8.27. The topological polar surface area (TPSA) is 83.0 Å². The van der Waals surface area contributed by atoms with Gasteiger partial charge in [-0.05, 0) is 18.2 Å². The normalized spacial score (nSPS) is 10.5. The summed E-state index contributed by atoms with van der Waals surface area (Å²) >= 11 is 13.1. The van der Waals surface area contributed by atoms with Crippen molar-refractivity contribution in [3.8, 4) is 5.75 Å². The molecule has 2 aromatic rings. The summed E-state index contributed by atoms with van der Waals surface area (Å²) in [5.74, 6) is 0.784. The molecule has 0 unspecified atom stereocenters. The average molecular weight is 373 g/mol. The second kappa shape index (κ2) is 8.24. The standard InChI is InChI=1S/C14H14Cl2N4O2S/c1-2-5-20-13(18-19-14(20)23-8-12(17)21)7-22-11-4-3-9(15)6-10(11)16/h2-4,6H,1,5,7-8H2,(H2,17,21). The third-order valence-electron chi connectivity index (χ3n) is 2.70. The molecule has 0 atom stereocenters. The number of hydrogen-bond donors (Lipinski definition) is 1. The number of primary amides is 1. The van der Waals surface area contributed by atoms with Crippen molar-refractivity contribution < 1.29 is 9.53 Å². The van der Waals surface area contributed by atoms with E-state index >= 15 is 0 Å². The minimum atomic E-state index is -0.422. The zero-order chi connectivity index (χ0) is 16.8. The van der Waals surface area contributed by atoms with E-state index in [-0.39, 0.29) is 12.4 Å². The zero-order valence-electron chi connectivity index (χ0n) is 12.0. The highest BCUT2D eigenvalue weighted by Gasteiger charge is 2.14. The minimum Gasteiger partial charge on any atom is -0.484 e. The lowest BCUT2D eigenvalue weighted by Crippen LogP contribution is -2.14. The number of thioether (sulfide) groups is 1. The number of benzene rings is 1. The van der Waals surface area contributed by atoms with E-state index in [0.29, 0.717) is 33.3 Å². The molecule has 0 aliphatic rings. The van der Waals surface area contributed by atoms with Gasteiger partial charge < -0.3 is 10.5 Å². The lowest BCUT2D eigenvalue weighted by atomic mass is 10.3. The maximum absolute atomic E-state index is 10.9. The predicted octanol–water partition coefficient (Wildman–Crippen LogP) is 2.93. The monoisotopic (exact) mass is 372 g/mol. The van der Waals surface area contributed by atoms with E-state index in [1.807, 2.05) is 0 Å². The van der Waals surface area contributed by atoms with Crippen molar-refractivity contribution in [3.05, 3.63) is 46.7 Å². The third-order valence-corrected chi connectivity index (χ3v) is 4.22. The number of allylic oxidation sites excluding steroid dienone is 1. The fraction of sp³-hybridized carbons (Fsp3) is 0.214. The van der Waals surface area contributed by atoms with E-state index < -0.39 is 5.91 Å². The van der Waals surface area contributed by atoms with Gasteiger partial charge in [0.15, 0.2) is 11.0 Å². The average Bonchev–Trinajstić information content (AvgIpc) is 2.87. The van der Waals surface area contributed by atoms with Gasteiger partial charge in [0.25, 0.3) is 0 Å². The minimum absolute atomic E-state index is 0.124. The van der Waals surface area contributed by atoms with Crippen molar-refractivity contribution in [2.45, 2.75) is 18.3 Å². The first-order chi connectivity index (χ1) is 11.0. The van der Waals surface area contributed by atoms with E-state index in [0.717, 1.165) is 0 Å². The lowest BCUT2D eigenvalue weighted by Gasteiger charge is -2.10.